The number of amides is 1. The molecule has 0 fully saturated rings. The molecule has 3 N–H and O–H groups in total. The van der Waals surface area contributed by atoms with Crippen LogP contribution in [0.3, 0.4) is 0 Å². The fraction of sp³-hybridized carbons (Fsp3) is 0.200. The number of aryl methyl sites for hydroxylation is 3. The van der Waals surface area contributed by atoms with Gasteiger partial charge in [0.25, 0.3) is 0 Å². The maximum Gasteiger partial charge on any atom is 0.244 e. The lowest BCUT2D eigenvalue weighted by atomic mass is 10.0. The summed E-state index contributed by atoms with van der Waals surface area (Å²) in [6, 6.07) is 16.8. The van der Waals surface area contributed by atoms with Crippen LogP contribution in [0.5, 0.6) is 11.5 Å². The van der Waals surface area contributed by atoms with Crippen LogP contribution in [0.2, 0.25) is 10.0 Å². The average molecular weight is 550 g/mol. The maximum atomic E-state index is 12.1. The number of carbonyl (C=O) groups is 1. The van der Waals surface area contributed by atoms with E-state index in [0.29, 0.717) is 39.3 Å². The molecule has 38 heavy (non-hydrogen) atoms. The second-order valence-electron chi connectivity index (χ2n) is 8.95. The van der Waals surface area contributed by atoms with E-state index in [-0.39, 0.29) is 19.1 Å². The Hall–Kier alpha value is -3.74. The number of carbonyl (C=O) groups excluding carboxylic acids is 1. The molecule has 3 aromatic carbocycles. The number of nitrogens with one attached hydrogen (secondary N) is 1. The summed E-state index contributed by atoms with van der Waals surface area (Å²) in [7, 11) is 0. The van der Waals surface area contributed by atoms with Crippen molar-refractivity contribution in [2.45, 2.75) is 27.4 Å². The molecule has 0 radical (unpaired) electrons. The van der Waals surface area contributed by atoms with Crippen LogP contribution in [0.4, 0.5) is 5.69 Å². The van der Waals surface area contributed by atoms with Gasteiger partial charge in [0.15, 0.2) is 0 Å². The van der Waals surface area contributed by atoms with Crippen LogP contribution in [0.15, 0.2) is 60.7 Å². The first-order chi connectivity index (χ1) is 18.2. The van der Waals surface area contributed by atoms with Crippen LogP contribution in [0.25, 0.3) is 17.0 Å². The maximum absolute atomic E-state index is 12.1. The number of pyridine rings is 1. The molecule has 1 amide bonds. The molecule has 1 heterocycles. The molecule has 0 saturated heterocycles. The Morgan fingerprint density at radius 1 is 1.00 bits per heavy atom. The van der Waals surface area contributed by atoms with E-state index in [9.17, 15) is 4.79 Å². The van der Waals surface area contributed by atoms with E-state index >= 15 is 0 Å². The zero-order valence-electron chi connectivity index (χ0n) is 21.5. The predicted molar refractivity (Wildman–Crippen MR) is 155 cm³/mol. The van der Waals surface area contributed by atoms with Crippen LogP contribution in [0.1, 0.15) is 27.9 Å². The number of benzene rings is 3. The second-order valence-corrected chi connectivity index (χ2v) is 9.74. The molecular formula is C30H29Cl2N3O3. The van der Waals surface area contributed by atoms with Crippen LogP contribution >= 0.6 is 23.2 Å². The number of hydrogen-bond acceptors (Lipinski definition) is 5. The van der Waals surface area contributed by atoms with Crippen LogP contribution in [-0.4, -0.2) is 24.0 Å². The lowest BCUT2D eigenvalue weighted by molar-refractivity contribution is -0.116. The fourth-order valence-electron chi connectivity index (χ4n) is 4.02. The summed E-state index contributed by atoms with van der Waals surface area (Å²) in [6.07, 6.45) is 3.18. The molecule has 0 atom stereocenters. The highest BCUT2D eigenvalue weighted by Crippen LogP contribution is 2.36. The molecule has 0 spiro atoms. The summed E-state index contributed by atoms with van der Waals surface area (Å²) in [6.45, 7) is 6.69. The molecule has 0 unspecified atom stereocenters. The Labute approximate surface area is 232 Å². The first-order valence-corrected chi connectivity index (χ1v) is 12.9. The molecule has 6 nitrogen and oxygen atoms in total. The van der Waals surface area contributed by atoms with Gasteiger partial charge < -0.3 is 20.5 Å². The van der Waals surface area contributed by atoms with Crippen molar-refractivity contribution in [3.8, 4) is 11.5 Å². The molecule has 0 aliphatic carbocycles. The molecule has 0 bridgehead atoms. The number of halogens is 2. The van der Waals surface area contributed by atoms with Gasteiger partial charge in [-0.05, 0) is 73.9 Å². The average Bonchev–Trinajstić information content (AvgIpc) is 2.88. The van der Waals surface area contributed by atoms with Gasteiger partial charge in [0, 0.05) is 33.4 Å². The SMILES string of the molecule is Cc1ccc2c(C)cc(C)c(OCc3c(Cl)ccc(OCCNC(=O)/C=C/c4ccc(N)cc4)c3Cl)c2n1. The molecular weight excluding hydrogens is 521 g/mol. The minimum Gasteiger partial charge on any atom is -0.490 e. The van der Waals surface area contributed by atoms with Crippen LogP contribution < -0.4 is 20.5 Å². The second kappa shape index (κ2) is 12.2. The minimum absolute atomic E-state index is 0.149. The number of nitrogens with zero attached hydrogens (tertiary/aromatic N) is 1. The van der Waals surface area contributed by atoms with E-state index < -0.39 is 0 Å². The summed E-state index contributed by atoms with van der Waals surface area (Å²) in [4.78, 5) is 16.8. The Balaban J connectivity index is 1.38. The summed E-state index contributed by atoms with van der Waals surface area (Å²) in [5, 5.41) is 4.66. The Morgan fingerprint density at radius 2 is 1.76 bits per heavy atom. The summed E-state index contributed by atoms with van der Waals surface area (Å²) < 4.78 is 12.1. The first kappa shape index (κ1) is 27.3. The van der Waals surface area contributed by atoms with E-state index in [1.165, 1.54) is 6.08 Å². The molecule has 0 saturated carbocycles. The van der Waals surface area contributed by atoms with Gasteiger partial charge in [0.2, 0.25) is 5.91 Å². The number of rotatable bonds is 9. The molecule has 8 heteroatoms. The molecule has 4 rings (SSSR count). The summed E-state index contributed by atoms with van der Waals surface area (Å²) in [5.74, 6) is 0.925. The molecule has 0 aliphatic heterocycles. The Morgan fingerprint density at radius 3 is 2.53 bits per heavy atom. The van der Waals surface area contributed by atoms with E-state index in [4.69, 9.17) is 43.4 Å². The largest absolute Gasteiger partial charge is 0.490 e. The van der Waals surface area contributed by atoms with Crippen molar-refractivity contribution in [3.05, 3.63) is 98.7 Å². The number of nitrogens with two attached hydrogens (primary N) is 1. The van der Waals surface area contributed by atoms with Crippen molar-refractivity contribution in [2.24, 2.45) is 0 Å². The van der Waals surface area contributed by atoms with Crippen LogP contribution in [-0.2, 0) is 11.4 Å². The third kappa shape index (κ3) is 6.57. The lowest BCUT2D eigenvalue weighted by Crippen LogP contribution is -2.26. The number of hydrogen-bond donors (Lipinski definition) is 2. The monoisotopic (exact) mass is 549 g/mol. The minimum atomic E-state index is -0.230. The third-order valence-corrected chi connectivity index (χ3v) is 6.77. The van der Waals surface area contributed by atoms with Gasteiger partial charge >= 0.3 is 0 Å². The highest BCUT2D eigenvalue weighted by Gasteiger charge is 2.16. The number of anilines is 1. The number of aromatic nitrogens is 1. The van der Waals surface area contributed by atoms with E-state index in [0.717, 1.165) is 33.3 Å². The van der Waals surface area contributed by atoms with Crippen LogP contribution in [0, 0.1) is 20.8 Å². The van der Waals surface area contributed by atoms with Gasteiger partial charge in [-0.2, -0.15) is 0 Å². The standard InChI is InChI=1S/C30H29Cl2N3O3/c1-18-16-19(2)30(29-23(18)10-4-20(3)35-29)38-17-24-25(31)11-12-26(28(24)32)37-15-14-34-27(36)13-7-21-5-8-22(33)9-6-21/h4-13,16H,14-15,17,33H2,1-3H3,(H,34,36)/b13-7+. The molecule has 1 aromatic heterocycles. The van der Waals surface area contributed by atoms with Gasteiger partial charge in [-0.3, -0.25) is 4.79 Å². The van der Waals surface area contributed by atoms with E-state index in [1.54, 1.807) is 30.3 Å². The van der Waals surface area contributed by atoms with E-state index in [2.05, 4.69) is 24.4 Å². The van der Waals surface area contributed by atoms with Crippen molar-refractivity contribution in [1.29, 1.82) is 0 Å². The topological polar surface area (TPSA) is 86.5 Å². The molecule has 196 valence electrons. The Bertz CT molecular complexity index is 1500. The third-order valence-electron chi connectivity index (χ3n) is 6.00. The van der Waals surface area contributed by atoms with Gasteiger partial charge in [-0.15, -0.1) is 0 Å². The summed E-state index contributed by atoms with van der Waals surface area (Å²) in [5.41, 5.74) is 11.7. The quantitative estimate of drug-likeness (QED) is 0.135. The molecule has 0 aliphatic rings. The number of ether oxygens (including phenoxy) is 2. The smallest absolute Gasteiger partial charge is 0.244 e. The van der Waals surface area contributed by atoms with E-state index in [1.807, 2.05) is 32.0 Å². The lowest BCUT2D eigenvalue weighted by Gasteiger charge is -2.17. The first-order valence-electron chi connectivity index (χ1n) is 12.1. The van der Waals surface area contributed by atoms with Gasteiger partial charge in [0.05, 0.1) is 11.6 Å². The normalized spacial score (nSPS) is 11.2. The highest BCUT2D eigenvalue weighted by molar-refractivity contribution is 6.36. The zero-order chi connectivity index (χ0) is 27.2. The number of fused-ring (bicyclic) bond motifs is 1. The predicted octanol–water partition coefficient (Wildman–Crippen LogP) is 6.84. The van der Waals surface area contributed by atoms with Gasteiger partial charge in [0.1, 0.15) is 30.2 Å². The van der Waals surface area contributed by atoms with Crippen molar-refractivity contribution < 1.29 is 14.3 Å². The number of nitrogen functional groups attached to an aromatic ring is 1. The van der Waals surface area contributed by atoms with Crippen molar-refractivity contribution in [2.75, 3.05) is 18.9 Å². The summed E-state index contributed by atoms with van der Waals surface area (Å²) >= 11 is 13.1. The van der Waals surface area contributed by atoms with Crippen molar-refractivity contribution in [1.82, 2.24) is 10.3 Å². The highest BCUT2D eigenvalue weighted by atomic mass is 35.5. The van der Waals surface area contributed by atoms with Crippen molar-refractivity contribution in [3.63, 3.8) is 0 Å². The fourth-order valence-corrected chi connectivity index (χ4v) is 4.56. The van der Waals surface area contributed by atoms with Gasteiger partial charge in [-0.25, -0.2) is 4.98 Å². The van der Waals surface area contributed by atoms with Gasteiger partial charge in [-0.1, -0.05) is 47.5 Å². The Kier molecular flexibility index (Phi) is 8.77. The van der Waals surface area contributed by atoms with Crippen molar-refractivity contribution >= 4 is 51.8 Å². The zero-order valence-corrected chi connectivity index (χ0v) is 23.0. The molecule has 4 aromatic rings.